The van der Waals surface area contributed by atoms with Gasteiger partial charge in [0.2, 0.25) is 0 Å². The summed E-state index contributed by atoms with van der Waals surface area (Å²) in [5, 5.41) is 3.08. The minimum absolute atomic E-state index is 0.0663. The molecule has 1 saturated heterocycles. The molecule has 164 valence electrons. The second kappa shape index (κ2) is 8.99. The Morgan fingerprint density at radius 3 is 2.59 bits per heavy atom. The first kappa shape index (κ1) is 20.5. The molecule has 3 heterocycles. The molecule has 2 aliphatic heterocycles. The van der Waals surface area contributed by atoms with Crippen LogP contribution in [0.5, 0.6) is 0 Å². The van der Waals surface area contributed by atoms with E-state index in [0.29, 0.717) is 13.1 Å². The van der Waals surface area contributed by atoms with Gasteiger partial charge in [0.25, 0.3) is 0 Å². The average molecular weight is 428 g/mol. The van der Waals surface area contributed by atoms with E-state index in [1.807, 2.05) is 41.3 Å². The van der Waals surface area contributed by atoms with Gasteiger partial charge in [-0.1, -0.05) is 49.4 Å². The quantitative estimate of drug-likeness (QED) is 0.644. The summed E-state index contributed by atoms with van der Waals surface area (Å²) in [6, 6.07) is 18.2. The Bertz CT molecular complexity index is 1110. The van der Waals surface area contributed by atoms with Gasteiger partial charge in [-0.05, 0) is 37.0 Å². The van der Waals surface area contributed by atoms with E-state index >= 15 is 0 Å². The summed E-state index contributed by atoms with van der Waals surface area (Å²) in [4.78, 5) is 27.2. The number of carbonyl (C=O) groups is 1. The monoisotopic (exact) mass is 427 g/mol. The fourth-order valence-electron chi connectivity index (χ4n) is 4.55. The van der Waals surface area contributed by atoms with Gasteiger partial charge in [0.1, 0.15) is 5.82 Å². The lowest BCUT2D eigenvalue weighted by Gasteiger charge is -2.32. The zero-order valence-corrected chi connectivity index (χ0v) is 18.6. The van der Waals surface area contributed by atoms with Crippen LogP contribution in [0.2, 0.25) is 0 Å². The molecule has 0 spiro atoms. The van der Waals surface area contributed by atoms with Gasteiger partial charge < -0.3 is 15.1 Å². The van der Waals surface area contributed by atoms with E-state index in [0.717, 1.165) is 60.1 Å². The Morgan fingerprint density at radius 2 is 1.81 bits per heavy atom. The standard InChI is InChI=1S/C26H29N5O/c1-2-19-9-8-12-21(17-19)27-26(32)31-16-13-23-22(18-31)25(30-14-6-7-15-30)29-24(28-23)20-10-4-3-5-11-20/h3-5,8-12,17H,2,6-7,13-16,18H2,1H3,(H,27,32). The van der Waals surface area contributed by atoms with Gasteiger partial charge in [0, 0.05) is 42.9 Å². The molecule has 0 radical (unpaired) electrons. The second-order valence-corrected chi connectivity index (χ2v) is 8.51. The number of anilines is 2. The van der Waals surface area contributed by atoms with Crippen molar-refractivity contribution in [3.63, 3.8) is 0 Å². The molecule has 3 aromatic rings. The van der Waals surface area contributed by atoms with Crippen molar-refractivity contribution in [1.82, 2.24) is 14.9 Å². The number of aryl methyl sites for hydroxylation is 1. The molecule has 6 heteroatoms. The lowest BCUT2D eigenvalue weighted by Crippen LogP contribution is -2.40. The number of fused-ring (bicyclic) bond motifs is 1. The van der Waals surface area contributed by atoms with E-state index in [1.165, 1.54) is 18.4 Å². The van der Waals surface area contributed by atoms with Crippen LogP contribution in [0.3, 0.4) is 0 Å². The first-order valence-electron chi connectivity index (χ1n) is 11.6. The van der Waals surface area contributed by atoms with Gasteiger partial charge in [0.15, 0.2) is 5.82 Å². The number of urea groups is 1. The fourth-order valence-corrected chi connectivity index (χ4v) is 4.55. The van der Waals surface area contributed by atoms with Crippen LogP contribution in [0.1, 0.15) is 36.6 Å². The minimum Gasteiger partial charge on any atom is -0.356 e. The number of hydrogen-bond acceptors (Lipinski definition) is 4. The Labute approximate surface area is 189 Å². The first-order chi connectivity index (χ1) is 15.7. The zero-order chi connectivity index (χ0) is 21.9. The molecule has 1 fully saturated rings. The van der Waals surface area contributed by atoms with Crippen LogP contribution >= 0.6 is 0 Å². The highest BCUT2D eigenvalue weighted by molar-refractivity contribution is 5.89. The summed E-state index contributed by atoms with van der Waals surface area (Å²) >= 11 is 0. The highest BCUT2D eigenvalue weighted by Gasteiger charge is 2.29. The molecule has 2 aliphatic rings. The average Bonchev–Trinajstić information content (AvgIpc) is 3.38. The summed E-state index contributed by atoms with van der Waals surface area (Å²) in [7, 11) is 0. The zero-order valence-electron chi connectivity index (χ0n) is 18.6. The van der Waals surface area contributed by atoms with Gasteiger partial charge >= 0.3 is 6.03 Å². The van der Waals surface area contributed by atoms with Crippen molar-refractivity contribution in [3.05, 3.63) is 71.4 Å². The molecule has 2 amide bonds. The molecule has 1 N–H and O–H groups in total. The molecule has 5 rings (SSSR count). The van der Waals surface area contributed by atoms with Gasteiger partial charge in [-0.25, -0.2) is 14.8 Å². The number of carbonyl (C=O) groups excluding carboxylic acids is 1. The maximum absolute atomic E-state index is 13.1. The number of aromatic nitrogens is 2. The van der Waals surface area contributed by atoms with Crippen LogP contribution in [-0.4, -0.2) is 40.5 Å². The van der Waals surface area contributed by atoms with Crippen LogP contribution in [0, 0.1) is 0 Å². The number of hydrogen-bond donors (Lipinski definition) is 1. The topological polar surface area (TPSA) is 61.4 Å². The van der Waals surface area contributed by atoms with E-state index < -0.39 is 0 Å². The molecular formula is C26H29N5O. The van der Waals surface area contributed by atoms with Gasteiger partial charge in [-0.2, -0.15) is 0 Å². The second-order valence-electron chi connectivity index (χ2n) is 8.51. The molecule has 6 nitrogen and oxygen atoms in total. The highest BCUT2D eigenvalue weighted by Crippen LogP contribution is 2.31. The minimum atomic E-state index is -0.0663. The largest absolute Gasteiger partial charge is 0.356 e. The molecule has 32 heavy (non-hydrogen) atoms. The Morgan fingerprint density at radius 1 is 1.00 bits per heavy atom. The maximum Gasteiger partial charge on any atom is 0.322 e. The highest BCUT2D eigenvalue weighted by atomic mass is 16.2. The van der Waals surface area contributed by atoms with Gasteiger partial charge in [-0.3, -0.25) is 0 Å². The summed E-state index contributed by atoms with van der Waals surface area (Å²) in [6.45, 7) is 5.32. The smallest absolute Gasteiger partial charge is 0.322 e. The molecule has 1 aromatic heterocycles. The van der Waals surface area contributed by atoms with E-state index in [-0.39, 0.29) is 6.03 Å². The van der Waals surface area contributed by atoms with Crippen LogP contribution in [-0.2, 0) is 19.4 Å². The van der Waals surface area contributed by atoms with Crippen molar-refractivity contribution in [1.29, 1.82) is 0 Å². The third-order valence-electron chi connectivity index (χ3n) is 6.35. The van der Waals surface area contributed by atoms with Crippen LogP contribution in [0.15, 0.2) is 54.6 Å². The number of nitrogens with one attached hydrogen (secondary N) is 1. The van der Waals surface area contributed by atoms with Crippen molar-refractivity contribution in [2.45, 2.75) is 39.2 Å². The predicted molar refractivity (Wildman–Crippen MR) is 128 cm³/mol. The Balaban J connectivity index is 1.43. The van der Waals surface area contributed by atoms with E-state index in [4.69, 9.17) is 9.97 Å². The van der Waals surface area contributed by atoms with E-state index in [9.17, 15) is 4.79 Å². The van der Waals surface area contributed by atoms with Crippen LogP contribution in [0.25, 0.3) is 11.4 Å². The lowest BCUT2D eigenvalue weighted by atomic mass is 10.0. The summed E-state index contributed by atoms with van der Waals surface area (Å²) in [6.07, 6.45) is 4.04. The van der Waals surface area contributed by atoms with E-state index in [1.54, 1.807) is 0 Å². The van der Waals surface area contributed by atoms with Crippen molar-refractivity contribution >= 4 is 17.5 Å². The maximum atomic E-state index is 13.1. The van der Waals surface area contributed by atoms with E-state index in [2.05, 4.69) is 35.3 Å². The van der Waals surface area contributed by atoms with Crippen molar-refractivity contribution in [3.8, 4) is 11.4 Å². The van der Waals surface area contributed by atoms with Crippen molar-refractivity contribution in [2.24, 2.45) is 0 Å². The first-order valence-corrected chi connectivity index (χ1v) is 11.6. The molecule has 2 aromatic carbocycles. The van der Waals surface area contributed by atoms with Gasteiger partial charge in [0.05, 0.1) is 12.2 Å². The molecular weight excluding hydrogens is 398 g/mol. The van der Waals surface area contributed by atoms with Crippen LogP contribution in [0.4, 0.5) is 16.3 Å². The fraction of sp³-hybridized carbons (Fsp3) is 0.346. The molecule has 0 aliphatic carbocycles. The SMILES string of the molecule is CCc1cccc(NC(=O)N2CCc3nc(-c4ccccc4)nc(N4CCCC4)c3C2)c1. The summed E-state index contributed by atoms with van der Waals surface area (Å²) < 4.78 is 0. The molecule has 0 atom stereocenters. The summed E-state index contributed by atoms with van der Waals surface area (Å²) in [5.41, 5.74) is 5.25. The Kier molecular flexibility index (Phi) is 5.75. The normalized spacial score (nSPS) is 15.5. The lowest BCUT2D eigenvalue weighted by molar-refractivity contribution is 0.206. The van der Waals surface area contributed by atoms with Crippen LogP contribution < -0.4 is 10.2 Å². The third kappa shape index (κ3) is 4.17. The van der Waals surface area contributed by atoms with Gasteiger partial charge in [-0.15, -0.1) is 0 Å². The predicted octanol–water partition coefficient (Wildman–Crippen LogP) is 4.90. The summed E-state index contributed by atoms with van der Waals surface area (Å²) in [5.74, 6) is 1.78. The van der Waals surface area contributed by atoms with Crippen molar-refractivity contribution in [2.75, 3.05) is 29.9 Å². The third-order valence-corrected chi connectivity index (χ3v) is 6.35. The molecule has 0 saturated carbocycles. The number of benzene rings is 2. The number of rotatable bonds is 4. The number of amides is 2. The molecule has 0 bridgehead atoms. The number of nitrogens with zero attached hydrogens (tertiary/aromatic N) is 4. The van der Waals surface area contributed by atoms with Crippen molar-refractivity contribution < 1.29 is 4.79 Å². The Hall–Kier alpha value is -3.41. The molecule has 0 unspecified atom stereocenters.